The average molecular weight is 492 g/mol. The number of thioether (sulfide) groups is 1. The molecule has 0 saturated heterocycles. The highest BCUT2D eigenvalue weighted by Gasteiger charge is 2.22. The molecule has 0 aliphatic heterocycles. The van der Waals surface area contributed by atoms with Crippen LogP contribution in [0.1, 0.15) is 43.5 Å². The summed E-state index contributed by atoms with van der Waals surface area (Å²) in [6, 6.07) is 17.6. The summed E-state index contributed by atoms with van der Waals surface area (Å²) in [5.41, 5.74) is 3.74. The highest BCUT2D eigenvalue weighted by atomic mass is 32.2. The molecule has 0 unspecified atom stereocenters. The SMILES string of the molecule is Cc1ccc(C)c(OCc2nnc(SCC(=O)Nc3cc(C(C)(C)C)nn3-c3ccccc3)o2)c1. The van der Waals surface area contributed by atoms with Gasteiger partial charge in [-0.2, -0.15) is 5.10 Å². The Bertz CT molecular complexity index is 1310. The zero-order valence-corrected chi connectivity index (χ0v) is 21.3. The number of aryl methyl sites for hydroxylation is 2. The molecule has 9 heteroatoms. The van der Waals surface area contributed by atoms with Gasteiger partial charge in [0.15, 0.2) is 6.61 Å². The van der Waals surface area contributed by atoms with E-state index in [0.717, 1.165) is 28.3 Å². The van der Waals surface area contributed by atoms with Crippen molar-refractivity contribution in [1.82, 2.24) is 20.0 Å². The number of aromatic nitrogens is 4. The lowest BCUT2D eigenvalue weighted by molar-refractivity contribution is -0.113. The van der Waals surface area contributed by atoms with Crippen molar-refractivity contribution in [2.45, 2.75) is 51.9 Å². The van der Waals surface area contributed by atoms with Crippen LogP contribution in [0.5, 0.6) is 5.75 Å². The van der Waals surface area contributed by atoms with Crippen molar-refractivity contribution in [2.24, 2.45) is 0 Å². The molecule has 0 aliphatic carbocycles. The zero-order chi connectivity index (χ0) is 25.0. The van der Waals surface area contributed by atoms with E-state index in [-0.39, 0.29) is 23.7 Å². The molecule has 8 nitrogen and oxygen atoms in total. The topological polar surface area (TPSA) is 95.1 Å². The summed E-state index contributed by atoms with van der Waals surface area (Å²) in [6.07, 6.45) is 0. The monoisotopic (exact) mass is 491 g/mol. The third-order valence-corrected chi connectivity index (χ3v) is 6.03. The molecule has 0 radical (unpaired) electrons. The van der Waals surface area contributed by atoms with Crippen molar-refractivity contribution in [2.75, 3.05) is 11.1 Å². The van der Waals surface area contributed by atoms with Crippen LogP contribution in [0.25, 0.3) is 5.69 Å². The Hall–Kier alpha value is -3.59. The summed E-state index contributed by atoms with van der Waals surface area (Å²) in [7, 11) is 0. The van der Waals surface area contributed by atoms with Gasteiger partial charge >= 0.3 is 0 Å². The molecule has 1 N–H and O–H groups in total. The number of hydrogen-bond donors (Lipinski definition) is 1. The van der Waals surface area contributed by atoms with Crippen molar-refractivity contribution < 1.29 is 13.9 Å². The van der Waals surface area contributed by atoms with Gasteiger partial charge in [0.2, 0.25) is 5.91 Å². The number of carbonyl (C=O) groups excluding carboxylic acids is 1. The standard InChI is InChI=1S/C26H29N5O3S/c1-17-11-12-18(2)20(13-17)33-15-24-28-29-25(34-24)35-16-23(32)27-22-14-21(26(3,4)5)30-31(22)19-9-7-6-8-10-19/h6-14H,15-16H2,1-5H3,(H,27,32). The molecule has 182 valence electrons. The third kappa shape index (κ3) is 6.30. The van der Waals surface area contributed by atoms with E-state index in [1.807, 2.05) is 68.4 Å². The molecule has 35 heavy (non-hydrogen) atoms. The maximum Gasteiger partial charge on any atom is 0.277 e. The maximum atomic E-state index is 12.7. The molecule has 0 spiro atoms. The van der Waals surface area contributed by atoms with E-state index in [4.69, 9.17) is 14.3 Å². The molecule has 4 rings (SSSR count). The maximum absolute atomic E-state index is 12.7. The lowest BCUT2D eigenvalue weighted by atomic mass is 9.92. The number of nitrogens with one attached hydrogen (secondary N) is 1. The van der Waals surface area contributed by atoms with E-state index in [9.17, 15) is 4.79 Å². The number of anilines is 1. The highest BCUT2D eigenvalue weighted by molar-refractivity contribution is 7.99. The van der Waals surface area contributed by atoms with Gasteiger partial charge in [-0.25, -0.2) is 4.68 Å². The second-order valence-corrected chi connectivity index (χ2v) is 10.2. The number of amides is 1. The Balaban J connectivity index is 1.37. The van der Waals surface area contributed by atoms with Gasteiger partial charge in [-0.15, -0.1) is 10.2 Å². The first-order chi connectivity index (χ1) is 16.7. The van der Waals surface area contributed by atoms with Crippen molar-refractivity contribution >= 4 is 23.5 Å². The van der Waals surface area contributed by atoms with Crippen molar-refractivity contribution in [3.63, 3.8) is 0 Å². The van der Waals surface area contributed by atoms with Crippen molar-refractivity contribution in [3.8, 4) is 11.4 Å². The predicted molar refractivity (Wildman–Crippen MR) is 136 cm³/mol. The number of para-hydroxylation sites is 1. The Kier molecular flexibility index (Phi) is 7.25. The largest absolute Gasteiger partial charge is 0.484 e. The van der Waals surface area contributed by atoms with Crippen LogP contribution in [0.4, 0.5) is 5.82 Å². The lowest BCUT2D eigenvalue weighted by Crippen LogP contribution is -2.17. The molecular weight excluding hydrogens is 462 g/mol. The number of benzene rings is 2. The van der Waals surface area contributed by atoms with Crippen LogP contribution in [-0.4, -0.2) is 31.6 Å². The molecular formula is C26H29N5O3S. The fourth-order valence-corrected chi connectivity index (χ4v) is 3.85. The second kappa shape index (κ2) is 10.4. The highest BCUT2D eigenvalue weighted by Crippen LogP contribution is 2.27. The van der Waals surface area contributed by atoms with Crippen LogP contribution >= 0.6 is 11.8 Å². The molecule has 0 saturated carbocycles. The number of rotatable bonds is 8. The van der Waals surface area contributed by atoms with Crippen LogP contribution in [0, 0.1) is 13.8 Å². The molecule has 2 heterocycles. The summed E-state index contributed by atoms with van der Waals surface area (Å²) in [5.74, 6) is 1.66. The van der Waals surface area contributed by atoms with Gasteiger partial charge in [-0.3, -0.25) is 4.79 Å². The van der Waals surface area contributed by atoms with Gasteiger partial charge in [0, 0.05) is 11.5 Å². The molecule has 0 bridgehead atoms. The van der Waals surface area contributed by atoms with E-state index >= 15 is 0 Å². The minimum Gasteiger partial charge on any atom is -0.484 e. The van der Waals surface area contributed by atoms with Gasteiger partial charge in [0.05, 0.1) is 17.1 Å². The van der Waals surface area contributed by atoms with Crippen molar-refractivity contribution in [1.29, 1.82) is 0 Å². The van der Waals surface area contributed by atoms with Crippen LogP contribution < -0.4 is 10.1 Å². The van der Waals surface area contributed by atoms with Crippen LogP contribution in [0.3, 0.4) is 0 Å². The Morgan fingerprint density at radius 1 is 1.09 bits per heavy atom. The molecule has 1 amide bonds. The molecule has 0 fully saturated rings. The minimum atomic E-state index is -0.195. The fourth-order valence-electron chi connectivity index (χ4n) is 3.27. The second-order valence-electron chi connectivity index (χ2n) is 9.27. The van der Waals surface area contributed by atoms with Gasteiger partial charge in [-0.05, 0) is 43.2 Å². The Morgan fingerprint density at radius 2 is 1.86 bits per heavy atom. The van der Waals surface area contributed by atoms with E-state index in [0.29, 0.717) is 16.9 Å². The molecule has 0 atom stereocenters. The average Bonchev–Trinajstić information content (AvgIpc) is 3.46. The van der Waals surface area contributed by atoms with E-state index in [1.54, 1.807) is 4.68 Å². The Labute approximate surface area is 209 Å². The molecule has 4 aromatic rings. The lowest BCUT2D eigenvalue weighted by Gasteiger charge is -2.14. The molecule has 2 aromatic carbocycles. The van der Waals surface area contributed by atoms with Gasteiger partial charge in [0.1, 0.15) is 11.6 Å². The van der Waals surface area contributed by atoms with Gasteiger partial charge < -0.3 is 14.5 Å². The summed E-state index contributed by atoms with van der Waals surface area (Å²) in [4.78, 5) is 12.7. The van der Waals surface area contributed by atoms with E-state index < -0.39 is 0 Å². The van der Waals surface area contributed by atoms with Crippen LogP contribution in [-0.2, 0) is 16.8 Å². The predicted octanol–water partition coefficient (Wildman–Crippen LogP) is 5.48. The fraction of sp³-hybridized carbons (Fsp3) is 0.308. The van der Waals surface area contributed by atoms with E-state index in [2.05, 4.69) is 36.3 Å². The summed E-state index contributed by atoms with van der Waals surface area (Å²) >= 11 is 1.17. The zero-order valence-electron chi connectivity index (χ0n) is 20.5. The Morgan fingerprint density at radius 3 is 2.60 bits per heavy atom. The van der Waals surface area contributed by atoms with Gasteiger partial charge in [0.25, 0.3) is 11.1 Å². The molecule has 2 aromatic heterocycles. The van der Waals surface area contributed by atoms with E-state index in [1.165, 1.54) is 11.8 Å². The number of hydrogen-bond acceptors (Lipinski definition) is 7. The number of carbonyl (C=O) groups is 1. The summed E-state index contributed by atoms with van der Waals surface area (Å²) in [5, 5.41) is 16.0. The first-order valence-electron chi connectivity index (χ1n) is 11.3. The number of ether oxygens (including phenoxy) is 1. The summed E-state index contributed by atoms with van der Waals surface area (Å²) in [6.45, 7) is 10.4. The third-order valence-electron chi connectivity index (χ3n) is 5.22. The van der Waals surface area contributed by atoms with Gasteiger partial charge in [-0.1, -0.05) is 62.9 Å². The first kappa shape index (κ1) is 24.5. The normalized spacial score (nSPS) is 11.5. The number of nitrogens with zero attached hydrogens (tertiary/aromatic N) is 4. The quantitative estimate of drug-likeness (QED) is 0.326. The summed E-state index contributed by atoms with van der Waals surface area (Å²) < 4.78 is 13.2. The van der Waals surface area contributed by atoms with Crippen LogP contribution in [0.2, 0.25) is 0 Å². The minimum absolute atomic E-state index is 0.115. The smallest absolute Gasteiger partial charge is 0.277 e. The first-order valence-corrected chi connectivity index (χ1v) is 12.3. The molecule has 0 aliphatic rings. The van der Waals surface area contributed by atoms with Crippen molar-refractivity contribution in [3.05, 3.63) is 77.3 Å². The van der Waals surface area contributed by atoms with Crippen LogP contribution in [0.15, 0.2) is 64.2 Å².